The maximum absolute atomic E-state index is 10.4. The van der Waals surface area contributed by atoms with Gasteiger partial charge in [0.1, 0.15) is 17.3 Å². The number of hydrogen-bond acceptors (Lipinski definition) is 6. The van der Waals surface area contributed by atoms with Crippen molar-refractivity contribution in [3.63, 3.8) is 0 Å². The van der Waals surface area contributed by atoms with Crippen LogP contribution in [0.4, 0.5) is 5.82 Å². The second-order valence-electron chi connectivity index (χ2n) is 6.64. The van der Waals surface area contributed by atoms with E-state index in [9.17, 15) is 10.2 Å². The fraction of sp³-hybridized carbons (Fsp3) is 0.450. The summed E-state index contributed by atoms with van der Waals surface area (Å²) in [4.78, 5) is 4.46. The lowest BCUT2D eigenvalue weighted by atomic mass is 9.86. The highest BCUT2D eigenvalue weighted by Gasteiger charge is 2.23. The lowest BCUT2D eigenvalue weighted by Crippen LogP contribution is -2.27. The molecule has 1 fully saturated rings. The van der Waals surface area contributed by atoms with Crippen molar-refractivity contribution >= 4 is 18.2 Å². The third-order valence-electron chi connectivity index (χ3n) is 4.85. The molecule has 0 saturated carbocycles. The van der Waals surface area contributed by atoms with Gasteiger partial charge in [-0.05, 0) is 62.0 Å². The Morgan fingerprint density at radius 3 is 2.70 bits per heavy atom. The fourth-order valence-electron chi connectivity index (χ4n) is 3.52. The van der Waals surface area contributed by atoms with Gasteiger partial charge in [-0.25, -0.2) is 4.98 Å². The number of benzene rings is 1. The van der Waals surface area contributed by atoms with E-state index in [1.807, 2.05) is 19.1 Å². The molecule has 0 amide bonds. The van der Waals surface area contributed by atoms with E-state index in [2.05, 4.69) is 10.3 Å². The van der Waals surface area contributed by atoms with Gasteiger partial charge in [-0.2, -0.15) is 0 Å². The number of anilines is 1. The van der Waals surface area contributed by atoms with Gasteiger partial charge < -0.3 is 26.0 Å². The first-order valence-electron chi connectivity index (χ1n) is 9.21. The van der Waals surface area contributed by atoms with Crippen LogP contribution in [0, 0.1) is 0 Å². The number of aliphatic hydroxyl groups is 1. The summed E-state index contributed by atoms with van der Waals surface area (Å²) in [6, 6.07) is 7.15. The third kappa shape index (κ3) is 4.64. The highest BCUT2D eigenvalue weighted by Crippen LogP contribution is 2.40. The molecule has 2 aromatic rings. The van der Waals surface area contributed by atoms with Crippen molar-refractivity contribution in [1.82, 2.24) is 10.3 Å². The summed E-state index contributed by atoms with van der Waals surface area (Å²) in [6.45, 7) is 4.33. The van der Waals surface area contributed by atoms with Crippen molar-refractivity contribution < 1.29 is 14.9 Å². The number of ether oxygens (including phenoxy) is 1. The molecule has 0 radical (unpaired) electrons. The van der Waals surface area contributed by atoms with Crippen LogP contribution in [-0.4, -0.2) is 34.9 Å². The zero-order valence-electron chi connectivity index (χ0n) is 15.6. The number of pyridine rings is 1. The predicted octanol–water partition coefficient (Wildman–Crippen LogP) is 3.21. The number of hydrogen-bond donors (Lipinski definition) is 4. The molecule has 5 N–H and O–H groups in total. The Kier molecular flexibility index (Phi) is 7.71. The number of nitrogens with one attached hydrogen (secondary N) is 1. The fourth-order valence-corrected chi connectivity index (χ4v) is 3.52. The van der Waals surface area contributed by atoms with Gasteiger partial charge in [0.05, 0.1) is 24.5 Å². The quantitative estimate of drug-likeness (QED) is 0.601. The number of nitrogens with two attached hydrogens (primary N) is 1. The van der Waals surface area contributed by atoms with Gasteiger partial charge in [-0.1, -0.05) is 13.0 Å². The first-order valence-corrected chi connectivity index (χ1v) is 9.21. The van der Waals surface area contributed by atoms with E-state index < -0.39 is 0 Å². The molecule has 7 heteroatoms. The van der Waals surface area contributed by atoms with Gasteiger partial charge in [0.15, 0.2) is 0 Å². The number of piperidine rings is 1. The molecule has 1 aliphatic heterocycles. The van der Waals surface area contributed by atoms with Gasteiger partial charge >= 0.3 is 0 Å². The van der Waals surface area contributed by atoms with Crippen LogP contribution in [0.1, 0.15) is 43.2 Å². The Bertz CT molecular complexity index is 764. The number of nitrogen functional groups attached to an aromatic ring is 1. The molecule has 2 heterocycles. The summed E-state index contributed by atoms with van der Waals surface area (Å²) in [5.74, 6) is 1.32. The normalized spacial score (nSPS) is 14.6. The summed E-state index contributed by atoms with van der Waals surface area (Å²) in [5.41, 5.74) is 9.00. The average molecular weight is 394 g/mol. The molecule has 6 nitrogen and oxygen atoms in total. The predicted molar refractivity (Wildman–Crippen MR) is 110 cm³/mol. The minimum atomic E-state index is -0.141. The molecule has 0 unspecified atom stereocenters. The number of rotatable bonds is 6. The van der Waals surface area contributed by atoms with E-state index in [4.69, 9.17) is 10.5 Å². The van der Waals surface area contributed by atoms with Crippen molar-refractivity contribution in [2.75, 3.05) is 25.4 Å². The van der Waals surface area contributed by atoms with Crippen molar-refractivity contribution in [3.8, 4) is 22.8 Å². The summed E-state index contributed by atoms with van der Waals surface area (Å²) >= 11 is 0. The molecule has 1 aromatic carbocycles. The molecule has 1 aliphatic rings. The first kappa shape index (κ1) is 21.3. The molecule has 1 saturated heterocycles. The van der Waals surface area contributed by atoms with E-state index in [-0.39, 0.29) is 24.8 Å². The van der Waals surface area contributed by atoms with Gasteiger partial charge in [0, 0.05) is 5.56 Å². The molecular weight excluding hydrogens is 366 g/mol. The smallest absolute Gasteiger partial charge is 0.132 e. The molecule has 0 spiro atoms. The maximum atomic E-state index is 10.4. The van der Waals surface area contributed by atoms with Crippen LogP contribution in [0.25, 0.3) is 11.3 Å². The monoisotopic (exact) mass is 393 g/mol. The average Bonchev–Trinajstić information content (AvgIpc) is 2.66. The van der Waals surface area contributed by atoms with Crippen LogP contribution in [0.2, 0.25) is 0 Å². The van der Waals surface area contributed by atoms with Crippen LogP contribution >= 0.6 is 12.4 Å². The summed E-state index contributed by atoms with van der Waals surface area (Å²) in [6.07, 6.45) is 2.83. The lowest BCUT2D eigenvalue weighted by molar-refractivity contribution is 0.279. The highest BCUT2D eigenvalue weighted by molar-refractivity contribution is 5.85. The minimum absolute atomic E-state index is 0. The number of phenolic OH excluding ortho intramolecular Hbond substituents is 1. The van der Waals surface area contributed by atoms with Crippen LogP contribution in [0.15, 0.2) is 24.3 Å². The van der Waals surface area contributed by atoms with E-state index in [1.165, 1.54) is 0 Å². The molecule has 0 aliphatic carbocycles. The number of halogens is 1. The second kappa shape index (κ2) is 9.78. The highest BCUT2D eigenvalue weighted by atomic mass is 35.5. The Hall–Kier alpha value is -2.02. The topological polar surface area (TPSA) is 101 Å². The molecule has 148 valence electrons. The minimum Gasteiger partial charge on any atom is -0.507 e. The van der Waals surface area contributed by atoms with Gasteiger partial charge in [-0.3, -0.25) is 0 Å². The SMILES string of the molecule is CCCOc1cccc(O)c1-c1cc(C2CCNCC2)c(CO)c(N)n1.Cl. The Labute approximate surface area is 166 Å². The number of nitrogens with zero attached hydrogens (tertiary/aromatic N) is 1. The number of aliphatic hydroxyl groups excluding tert-OH is 1. The lowest BCUT2D eigenvalue weighted by Gasteiger charge is -2.26. The Morgan fingerprint density at radius 1 is 1.30 bits per heavy atom. The molecule has 1 aromatic heterocycles. The largest absolute Gasteiger partial charge is 0.507 e. The Balaban J connectivity index is 0.00000261. The summed E-state index contributed by atoms with van der Waals surface area (Å²) in [5, 5.41) is 23.6. The Morgan fingerprint density at radius 2 is 2.04 bits per heavy atom. The molecular formula is C20H28ClN3O3. The van der Waals surface area contributed by atoms with E-state index in [0.717, 1.165) is 37.9 Å². The van der Waals surface area contributed by atoms with Crippen molar-refractivity contribution in [2.45, 2.75) is 38.7 Å². The van der Waals surface area contributed by atoms with E-state index in [0.29, 0.717) is 40.9 Å². The van der Waals surface area contributed by atoms with Crippen LogP contribution in [0.3, 0.4) is 0 Å². The van der Waals surface area contributed by atoms with Crippen molar-refractivity contribution in [3.05, 3.63) is 35.4 Å². The molecule has 0 atom stereocenters. The number of aromatic nitrogens is 1. The first-order chi connectivity index (χ1) is 12.7. The van der Waals surface area contributed by atoms with Crippen LogP contribution in [-0.2, 0) is 6.61 Å². The zero-order chi connectivity index (χ0) is 18.5. The van der Waals surface area contributed by atoms with Gasteiger partial charge in [0.2, 0.25) is 0 Å². The third-order valence-corrected chi connectivity index (χ3v) is 4.85. The van der Waals surface area contributed by atoms with Crippen molar-refractivity contribution in [2.24, 2.45) is 0 Å². The standard InChI is InChI=1S/C20H27N3O3.ClH/c1-2-10-26-18-5-3-4-17(25)19(18)16-11-14(13-6-8-22-9-7-13)15(12-24)20(21)23-16;/h3-5,11,13,22,24-25H,2,6-10,12H2,1H3,(H2,21,23);1H. The summed E-state index contributed by atoms with van der Waals surface area (Å²) < 4.78 is 5.80. The zero-order valence-corrected chi connectivity index (χ0v) is 16.4. The summed E-state index contributed by atoms with van der Waals surface area (Å²) in [7, 11) is 0. The van der Waals surface area contributed by atoms with Gasteiger partial charge in [0.25, 0.3) is 0 Å². The second-order valence-corrected chi connectivity index (χ2v) is 6.64. The number of phenols is 1. The molecule has 0 bridgehead atoms. The van der Waals surface area contributed by atoms with E-state index in [1.54, 1.807) is 12.1 Å². The van der Waals surface area contributed by atoms with Crippen LogP contribution < -0.4 is 15.8 Å². The maximum Gasteiger partial charge on any atom is 0.132 e. The number of aromatic hydroxyl groups is 1. The van der Waals surface area contributed by atoms with Crippen LogP contribution in [0.5, 0.6) is 11.5 Å². The van der Waals surface area contributed by atoms with Gasteiger partial charge in [-0.15, -0.1) is 12.4 Å². The molecule has 27 heavy (non-hydrogen) atoms. The van der Waals surface area contributed by atoms with Crippen molar-refractivity contribution in [1.29, 1.82) is 0 Å². The van der Waals surface area contributed by atoms with E-state index >= 15 is 0 Å². The molecule has 3 rings (SSSR count).